The minimum Gasteiger partial charge on any atom is -0.338 e. The number of benzene rings is 1. The van der Waals surface area contributed by atoms with E-state index in [4.69, 9.17) is 0 Å². The lowest BCUT2D eigenvalue weighted by molar-refractivity contribution is 0.0697. The SMILES string of the molecule is CN(C)CCCn1ccnc1C1CCCN(C(=O)c2cccc(F)c2F)C1. The highest BCUT2D eigenvalue weighted by Crippen LogP contribution is 2.27. The lowest BCUT2D eigenvalue weighted by atomic mass is 9.96. The van der Waals surface area contributed by atoms with Gasteiger partial charge in [0.05, 0.1) is 5.56 Å². The van der Waals surface area contributed by atoms with Gasteiger partial charge in [-0.25, -0.2) is 13.8 Å². The predicted molar refractivity (Wildman–Crippen MR) is 99.6 cm³/mol. The molecule has 1 aliphatic heterocycles. The number of imidazole rings is 1. The number of aryl methyl sites for hydroxylation is 1. The molecule has 2 heterocycles. The Morgan fingerprint density at radius 2 is 2.15 bits per heavy atom. The van der Waals surface area contributed by atoms with Crippen LogP contribution in [0.15, 0.2) is 30.6 Å². The first-order chi connectivity index (χ1) is 13.0. The molecule has 27 heavy (non-hydrogen) atoms. The van der Waals surface area contributed by atoms with E-state index < -0.39 is 17.5 Å². The average molecular weight is 376 g/mol. The number of carbonyl (C=O) groups is 1. The van der Waals surface area contributed by atoms with E-state index in [0.29, 0.717) is 13.1 Å². The van der Waals surface area contributed by atoms with E-state index in [2.05, 4.69) is 14.5 Å². The Labute approximate surface area is 158 Å². The molecule has 7 heteroatoms. The maximum Gasteiger partial charge on any atom is 0.256 e. The van der Waals surface area contributed by atoms with Crippen LogP contribution in [-0.2, 0) is 6.54 Å². The average Bonchev–Trinajstić information content (AvgIpc) is 3.12. The highest BCUT2D eigenvalue weighted by Gasteiger charge is 2.29. The molecule has 0 bridgehead atoms. The molecule has 146 valence electrons. The van der Waals surface area contributed by atoms with Gasteiger partial charge in [-0.15, -0.1) is 0 Å². The summed E-state index contributed by atoms with van der Waals surface area (Å²) in [6.45, 7) is 2.88. The predicted octanol–water partition coefficient (Wildman–Crippen LogP) is 3.13. The Morgan fingerprint density at radius 1 is 1.33 bits per heavy atom. The molecule has 0 aliphatic carbocycles. The molecule has 5 nitrogen and oxygen atoms in total. The van der Waals surface area contributed by atoms with E-state index in [-0.39, 0.29) is 11.5 Å². The zero-order valence-corrected chi connectivity index (χ0v) is 15.9. The summed E-state index contributed by atoms with van der Waals surface area (Å²) in [5.41, 5.74) is -0.204. The highest BCUT2D eigenvalue weighted by atomic mass is 19.2. The van der Waals surface area contributed by atoms with E-state index in [9.17, 15) is 13.6 Å². The Hall–Kier alpha value is -2.28. The molecule has 1 atom stereocenters. The summed E-state index contributed by atoms with van der Waals surface area (Å²) in [6, 6.07) is 3.73. The van der Waals surface area contributed by atoms with Crippen LogP contribution < -0.4 is 0 Å². The number of amides is 1. The van der Waals surface area contributed by atoms with Crippen molar-refractivity contribution in [2.45, 2.75) is 31.7 Å². The minimum absolute atomic E-state index is 0.105. The quantitative estimate of drug-likeness (QED) is 0.778. The lowest BCUT2D eigenvalue weighted by Gasteiger charge is -2.33. The molecule has 3 rings (SSSR count). The normalized spacial score (nSPS) is 17.5. The lowest BCUT2D eigenvalue weighted by Crippen LogP contribution is -2.40. The summed E-state index contributed by atoms with van der Waals surface area (Å²) in [6.07, 6.45) is 6.52. The molecule has 1 aliphatic rings. The third-order valence-electron chi connectivity index (χ3n) is 5.01. The van der Waals surface area contributed by atoms with E-state index in [1.54, 1.807) is 11.1 Å². The van der Waals surface area contributed by atoms with Gasteiger partial charge in [0, 0.05) is 37.9 Å². The van der Waals surface area contributed by atoms with Crippen molar-refractivity contribution >= 4 is 5.91 Å². The summed E-state index contributed by atoms with van der Waals surface area (Å²) >= 11 is 0. The fourth-order valence-electron chi connectivity index (χ4n) is 3.64. The summed E-state index contributed by atoms with van der Waals surface area (Å²) in [4.78, 5) is 21.0. The topological polar surface area (TPSA) is 41.4 Å². The smallest absolute Gasteiger partial charge is 0.256 e. The Balaban J connectivity index is 1.70. The maximum absolute atomic E-state index is 14.0. The number of halogens is 2. The van der Waals surface area contributed by atoms with Crippen molar-refractivity contribution in [1.82, 2.24) is 19.4 Å². The van der Waals surface area contributed by atoms with Gasteiger partial charge in [0.15, 0.2) is 11.6 Å². The number of piperidine rings is 1. The highest BCUT2D eigenvalue weighted by molar-refractivity contribution is 5.94. The number of likely N-dealkylation sites (tertiary alicyclic amines) is 1. The van der Waals surface area contributed by atoms with Crippen molar-refractivity contribution in [3.8, 4) is 0 Å². The van der Waals surface area contributed by atoms with E-state index in [0.717, 1.165) is 44.2 Å². The van der Waals surface area contributed by atoms with Crippen molar-refractivity contribution < 1.29 is 13.6 Å². The zero-order valence-electron chi connectivity index (χ0n) is 15.9. The maximum atomic E-state index is 14.0. The third-order valence-corrected chi connectivity index (χ3v) is 5.01. The van der Waals surface area contributed by atoms with Crippen LogP contribution in [0.5, 0.6) is 0 Å². The molecule has 1 aromatic carbocycles. The summed E-state index contributed by atoms with van der Waals surface area (Å²) in [5, 5.41) is 0. The first kappa shape index (κ1) is 19.5. The minimum atomic E-state index is -1.07. The second-order valence-corrected chi connectivity index (χ2v) is 7.33. The van der Waals surface area contributed by atoms with Gasteiger partial charge in [0.1, 0.15) is 5.82 Å². The van der Waals surface area contributed by atoms with Gasteiger partial charge in [-0.1, -0.05) is 6.07 Å². The van der Waals surface area contributed by atoms with Crippen LogP contribution in [0.3, 0.4) is 0 Å². The first-order valence-electron chi connectivity index (χ1n) is 9.36. The molecular formula is C20H26F2N4O. The van der Waals surface area contributed by atoms with E-state index >= 15 is 0 Å². The zero-order chi connectivity index (χ0) is 19.4. The molecule has 0 saturated carbocycles. The van der Waals surface area contributed by atoms with Crippen LogP contribution >= 0.6 is 0 Å². The van der Waals surface area contributed by atoms with Gasteiger partial charge >= 0.3 is 0 Å². The van der Waals surface area contributed by atoms with Gasteiger partial charge in [-0.2, -0.15) is 0 Å². The van der Waals surface area contributed by atoms with Crippen LogP contribution in [0.2, 0.25) is 0 Å². The number of carbonyl (C=O) groups excluding carboxylic acids is 1. The van der Waals surface area contributed by atoms with E-state index in [1.165, 1.54) is 12.1 Å². The van der Waals surface area contributed by atoms with Crippen LogP contribution in [0, 0.1) is 11.6 Å². The Bertz CT molecular complexity index is 790. The molecule has 0 radical (unpaired) electrons. The molecule has 1 aromatic heterocycles. The molecular weight excluding hydrogens is 350 g/mol. The molecule has 0 N–H and O–H groups in total. The molecule has 1 fully saturated rings. The van der Waals surface area contributed by atoms with Gasteiger partial charge in [0.25, 0.3) is 5.91 Å². The standard InChI is InChI=1S/C20H26F2N4O/c1-24(2)10-5-12-25-13-9-23-19(25)15-6-4-11-26(14-15)20(27)16-7-3-8-17(21)18(16)22/h3,7-9,13,15H,4-6,10-12,14H2,1-2H3. The molecule has 1 unspecified atom stereocenters. The van der Waals surface area contributed by atoms with Gasteiger partial charge in [-0.05, 0) is 52.0 Å². The largest absolute Gasteiger partial charge is 0.338 e. The molecule has 1 saturated heterocycles. The summed E-state index contributed by atoms with van der Waals surface area (Å²) in [7, 11) is 4.09. The Morgan fingerprint density at radius 3 is 2.93 bits per heavy atom. The molecule has 2 aromatic rings. The number of hydrogen-bond donors (Lipinski definition) is 0. The second-order valence-electron chi connectivity index (χ2n) is 7.33. The van der Waals surface area contributed by atoms with Crippen molar-refractivity contribution in [3.05, 3.63) is 53.6 Å². The monoisotopic (exact) mass is 376 g/mol. The molecule has 1 amide bonds. The summed E-state index contributed by atoms with van der Waals surface area (Å²) < 4.78 is 29.6. The number of aromatic nitrogens is 2. The number of rotatable bonds is 6. The van der Waals surface area contributed by atoms with Crippen LogP contribution in [0.25, 0.3) is 0 Å². The first-order valence-corrected chi connectivity index (χ1v) is 9.36. The fourth-order valence-corrected chi connectivity index (χ4v) is 3.64. The number of nitrogens with zero attached hydrogens (tertiary/aromatic N) is 4. The second kappa shape index (κ2) is 8.61. The van der Waals surface area contributed by atoms with Crippen molar-refractivity contribution in [2.75, 3.05) is 33.7 Å². The van der Waals surface area contributed by atoms with Crippen LogP contribution in [0.1, 0.15) is 41.4 Å². The number of hydrogen-bond acceptors (Lipinski definition) is 3. The fraction of sp³-hybridized carbons (Fsp3) is 0.500. The van der Waals surface area contributed by atoms with Gasteiger partial charge in [-0.3, -0.25) is 4.79 Å². The summed E-state index contributed by atoms with van der Waals surface area (Å²) in [5.74, 6) is -1.46. The molecule has 0 spiro atoms. The van der Waals surface area contributed by atoms with E-state index in [1.807, 2.05) is 20.3 Å². The van der Waals surface area contributed by atoms with Crippen LogP contribution in [0.4, 0.5) is 8.78 Å². The van der Waals surface area contributed by atoms with Gasteiger partial charge in [0.2, 0.25) is 0 Å². The van der Waals surface area contributed by atoms with Crippen molar-refractivity contribution in [2.24, 2.45) is 0 Å². The Kier molecular flexibility index (Phi) is 6.21. The van der Waals surface area contributed by atoms with Gasteiger partial charge < -0.3 is 14.4 Å². The third kappa shape index (κ3) is 4.53. The van der Waals surface area contributed by atoms with Crippen LogP contribution in [-0.4, -0.2) is 59.0 Å². The van der Waals surface area contributed by atoms with Crippen molar-refractivity contribution in [3.63, 3.8) is 0 Å². The van der Waals surface area contributed by atoms with Crippen molar-refractivity contribution in [1.29, 1.82) is 0 Å².